The lowest BCUT2D eigenvalue weighted by Gasteiger charge is -2.14. The topological polar surface area (TPSA) is 76.4 Å². The van der Waals surface area contributed by atoms with Gasteiger partial charge in [-0.2, -0.15) is 0 Å². The molecule has 1 heterocycles. The van der Waals surface area contributed by atoms with Crippen molar-refractivity contribution in [3.8, 4) is 5.75 Å². The predicted molar refractivity (Wildman–Crippen MR) is 64.5 cm³/mol. The van der Waals surface area contributed by atoms with Crippen LogP contribution < -0.4 is 4.87 Å². The van der Waals surface area contributed by atoms with Crippen LogP contribution in [0.3, 0.4) is 0 Å². The molecule has 1 aliphatic carbocycles. The van der Waals surface area contributed by atoms with Crippen LogP contribution in [0.15, 0.2) is 23.0 Å². The molecule has 6 heteroatoms. The third-order valence-electron chi connectivity index (χ3n) is 2.93. The monoisotopic (exact) mass is 261 g/mol. The molecule has 0 amide bonds. The molecule has 0 radical (unpaired) electrons. The van der Waals surface area contributed by atoms with Gasteiger partial charge in [-0.25, -0.2) is 0 Å². The second kappa shape index (κ2) is 3.39. The lowest BCUT2D eigenvalue weighted by Crippen LogP contribution is -2.23. The van der Waals surface area contributed by atoms with Gasteiger partial charge in [-0.15, -0.1) is 0 Å². The van der Waals surface area contributed by atoms with Crippen LogP contribution in [0.5, 0.6) is 5.75 Å². The fourth-order valence-electron chi connectivity index (χ4n) is 2.03. The van der Waals surface area contributed by atoms with Crippen molar-refractivity contribution in [3.05, 3.63) is 49.6 Å². The summed E-state index contributed by atoms with van der Waals surface area (Å²) in [5.41, 5.74) is 0.473. The SMILES string of the molecule is Cn1c2c(sc1=O)C(=O)c1ccc(O)cc1C2=O. The van der Waals surface area contributed by atoms with Crippen molar-refractivity contribution in [2.45, 2.75) is 0 Å². The Labute approximate surface area is 105 Å². The van der Waals surface area contributed by atoms with E-state index in [0.717, 1.165) is 11.3 Å². The van der Waals surface area contributed by atoms with E-state index in [4.69, 9.17) is 0 Å². The molecule has 1 N–H and O–H groups in total. The highest BCUT2D eigenvalue weighted by atomic mass is 32.1. The molecule has 0 spiro atoms. The van der Waals surface area contributed by atoms with Gasteiger partial charge in [-0.3, -0.25) is 19.0 Å². The van der Waals surface area contributed by atoms with Gasteiger partial charge in [0.1, 0.15) is 16.3 Å². The van der Waals surface area contributed by atoms with Crippen molar-refractivity contribution < 1.29 is 14.7 Å². The first kappa shape index (κ1) is 10.9. The van der Waals surface area contributed by atoms with E-state index in [9.17, 15) is 19.5 Å². The standard InChI is InChI=1S/C12H7NO4S/c1-13-8-9(15)7-4-5(14)2-3-6(7)10(16)11(8)18-12(13)17/h2-4,14H,1H3. The summed E-state index contributed by atoms with van der Waals surface area (Å²) in [6, 6.07) is 4.00. The summed E-state index contributed by atoms with van der Waals surface area (Å²) in [6.07, 6.45) is 0. The van der Waals surface area contributed by atoms with E-state index in [-0.39, 0.29) is 38.1 Å². The smallest absolute Gasteiger partial charge is 0.308 e. The van der Waals surface area contributed by atoms with Crippen LogP contribution >= 0.6 is 11.3 Å². The minimum atomic E-state index is -0.406. The van der Waals surface area contributed by atoms with Crippen molar-refractivity contribution in [1.82, 2.24) is 4.57 Å². The summed E-state index contributed by atoms with van der Waals surface area (Å²) in [7, 11) is 1.45. The molecule has 0 atom stereocenters. The van der Waals surface area contributed by atoms with E-state index in [2.05, 4.69) is 0 Å². The molecule has 2 aromatic rings. The van der Waals surface area contributed by atoms with Gasteiger partial charge < -0.3 is 5.11 Å². The fraction of sp³-hybridized carbons (Fsp3) is 0.0833. The zero-order valence-electron chi connectivity index (χ0n) is 9.26. The lowest BCUT2D eigenvalue weighted by atomic mass is 9.91. The van der Waals surface area contributed by atoms with Gasteiger partial charge in [0.25, 0.3) is 0 Å². The average Bonchev–Trinajstić information content (AvgIpc) is 2.63. The van der Waals surface area contributed by atoms with E-state index in [1.165, 1.54) is 29.8 Å². The molecular weight excluding hydrogens is 254 g/mol. The first-order valence-electron chi connectivity index (χ1n) is 5.13. The van der Waals surface area contributed by atoms with Crippen molar-refractivity contribution in [1.29, 1.82) is 0 Å². The number of fused-ring (bicyclic) bond motifs is 2. The van der Waals surface area contributed by atoms with E-state index >= 15 is 0 Å². The van der Waals surface area contributed by atoms with Crippen molar-refractivity contribution in [2.75, 3.05) is 0 Å². The lowest BCUT2D eigenvalue weighted by molar-refractivity contribution is 0.0976. The maximum Gasteiger partial charge on any atom is 0.308 e. The van der Waals surface area contributed by atoms with Crippen LogP contribution in [0.1, 0.15) is 31.3 Å². The van der Waals surface area contributed by atoms with Crippen LogP contribution in [0, 0.1) is 0 Å². The molecule has 0 fully saturated rings. The normalized spacial score (nSPS) is 13.4. The first-order chi connectivity index (χ1) is 8.50. The number of thiazole rings is 1. The number of phenols is 1. The van der Waals surface area contributed by atoms with E-state index < -0.39 is 5.78 Å². The molecule has 0 saturated carbocycles. The summed E-state index contributed by atoms with van der Waals surface area (Å²) in [5.74, 6) is -0.836. The summed E-state index contributed by atoms with van der Waals surface area (Å²) >= 11 is 0.771. The number of carbonyl (C=O) groups is 2. The zero-order chi connectivity index (χ0) is 13.0. The number of benzene rings is 1. The highest BCUT2D eigenvalue weighted by Crippen LogP contribution is 2.30. The summed E-state index contributed by atoms with van der Waals surface area (Å²) in [4.78, 5) is 35.7. The van der Waals surface area contributed by atoms with Crippen LogP contribution in [-0.4, -0.2) is 21.2 Å². The Morgan fingerprint density at radius 1 is 1.11 bits per heavy atom. The highest BCUT2D eigenvalue weighted by molar-refractivity contribution is 7.12. The maximum absolute atomic E-state index is 12.2. The molecule has 1 aromatic heterocycles. The molecule has 18 heavy (non-hydrogen) atoms. The third kappa shape index (κ3) is 1.23. The Morgan fingerprint density at radius 3 is 2.56 bits per heavy atom. The Balaban J connectivity index is 2.39. The highest BCUT2D eigenvalue weighted by Gasteiger charge is 2.34. The molecule has 0 bridgehead atoms. The second-order valence-corrected chi connectivity index (χ2v) is 4.95. The molecule has 0 aliphatic heterocycles. The van der Waals surface area contributed by atoms with Gasteiger partial charge in [-0.1, -0.05) is 11.3 Å². The largest absolute Gasteiger partial charge is 0.508 e. The van der Waals surface area contributed by atoms with E-state index in [0.29, 0.717) is 0 Å². The van der Waals surface area contributed by atoms with Crippen molar-refractivity contribution >= 4 is 22.9 Å². The quantitative estimate of drug-likeness (QED) is 0.653. The molecular formula is C12H7NO4S. The molecule has 0 saturated heterocycles. The molecule has 1 aliphatic rings. The molecule has 90 valence electrons. The predicted octanol–water partition coefficient (Wildman–Crippen LogP) is 0.928. The number of hydrogen-bond donors (Lipinski definition) is 1. The number of hydrogen-bond acceptors (Lipinski definition) is 5. The molecule has 5 nitrogen and oxygen atoms in total. The van der Waals surface area contributed by atoms with Crippen LogP contribution in [0.2, 0.25) is 0 Å². The number of nitrogens with zero attached hydrogens (tertiary/aromatic N) is 1. The molecule has 0 unspecified atom stereocenters. The first-order valence-corrected chi connectivity index (χ1v) is 5.94. The Morgan fingerprint density at radius 2 is 1.83 bits per heavy atom. The molecule has 1 aromatic carbocycles. The summed E-state index contributed by atoms with van der Waals surface area (Å²) < 4.78 is 1.17. The van der Waals surface area contributed by atoms with E-state index in [1.54, 1.807) is 0 Å². The number of ketones is 2. The van der Waals surface area contributed by atoms with Gasteiger partial charge in [0.2, 0.25) is 11.6 Å². The van der Waals surface area contributed by atoms with Crippen LogP contribution in [0.4, 0.5) is 0 Å². The Kier molecular flexibility index (Phi) is 2.06. The van der Waals surface area contributed by atoms with Crippen molar-refractivity contribution in [3.63, 3.8) is 0 Å². The van der Waals surface area contributed by atoms with Gasteiger partial charge in [0.15, 0.2) is 0 Å². The van der Waals surface area contributed by atoms with E-state index in [1.807, 2.05) is 0 Å². The van der Waals surface area contributed by atoms with Gasteiger partial charge in [0.05, 0.1) is 0 Å². The van der Waals surface area contributed by atoms with Gasteiger partial charge in [-0.05, 0) is 18.2 Å². The molecule has 3 rings (SSSR count). The second-order valence-electron chi connectivity index (χ2n) is 3.99. The maximum atomic E-state index is 12.2. The van der Waals surface area contributed by atoms with Crippen LogP contribution in [-0.2, 0) is 7.05 Å². The number of rotatable bonds is 0. The third-order valence-corrected chi connectivity index (χ3v) is 3.96. The number of aromatic hydroxyl groups is 1. The number of carbonyl (C=O) groups excluding carboxylic acids is 2. The van der Waals surface area contributed by atoms with Crippen molar-refractivity contribution in [2.24, 2.45) is 7.05 Å². The van der Waals surface area contributed by atoms with Crippen LogP contribution in [0.25, 0.3) is 0 Å². The summed E-state index contributed by atoms with van der Waals surface area (Å²) in [5, 5.41) is 9.39. The number of phenolic OH excluding ortho intramolecular Hbond substituents is 1. The van der Waals surface area contributed by atoms with Gasteiger partial charge >= 0.3 is 4.87 Å². The zero-order valence-corrected chi connectivity index (χ0v) is 10.1. The number of aromatic nitrogens is 1. The minimum Gasteiger partial charge on any atom is -0.508 e. The summed E-state index contributed by atoms with van der Waals surface area (Å²) in [6.45, 7) is 0. The minimum absolute atomic E-state index is 0.0846. The van der Waals surface area contributed by atoms with Gasteiger partial charge in [0, 0.05) is 18.2 Å². The Bertz CT molecular complexity index is 769. The average molecular weight is 261 g/mol. The Hall–Kier alpha value is -2.21. The fourth-order valence-corrected chi connectivity index (χ4v) is 2.96.